The Kier molecular flexibility index (Phi) is 5.17. The number of hydrogen-bond donors (Lipinski definition) is 3. The lowest BCUT2D eigenvalue weighted by Gasteiger charge is -2.28. The SMILES string of the molecule is O=C(NCc1nc(C2(O)CCOCC2)n[nH]1)OCC1c2ccccc2-c2ccccc21. The van der Waals surface area contributed by atoms with Crippen molar-refractivity contribution in [1.29, 1.82) is 0 Å². The van der Waals surface area contributed by atoms with E-state index in [2.05, 4.69) is 44.8 Å². The molecule has 31 heavy (non-hydrogen) atoms. The van der Waals surface area contributed by atoms with E-state index in [-0.39, 0.29) is 19.1 Å². The smallest absolute Gasteiger partial charge is 0.407 e. The summed E-state index contributed by atoms with van der Waals surface area (Å²) in [6.07, 6.45) is 0.373. The minimum Gasteiger partial charge on any atom is -0.449 e. The van der Waals surface area contributed by atoms with Crippen LogP contribution in [0.5, 0.6) is 0 Å². The summed E-state index contributed by atoms with van der Waals surface area (Å²) in [5.41, 5.74) is 3.62. The molecule has 0 spiro atoms. The van der Waals surface area contributed by atoms with Gasteiger partial charge in [-0.2, -0.15) is 5.10 Å². The summed E-state index contributed by atoms with van der Waals surface area (Å²) >= 11 is 0. The molecule has 1 aliphatic carbocycles. The average molecular weight is 420 g/mol. The molecule has 0 radical (unpaired) electrons. The van der Waals surface area contributed by atoms with Gasteiger partial charge in [-0.25, -0.2) is 9.78 Å². The lowest BCUT2D eigenvalue weighted by Crippen LogP contribution is -2.34. The summed E-state index contributed by atoms with van der Waals surface area (Å²) in [6, 6.07) is 16.4. The number of nitrogens with zero attached hydrogens (tertiary/aromatic N) is 2. The van der Waals surface area contributed by atoms with Crippen molar-refractivity contribution in [1.82, 2.24) is 20.5 Å². The monoisotopic (exact) mass is 420 g/mol. The van der Waals surface area contributed by atoms with Crippen LogP contribution in [0, 0.1) is 0 Å². The van der Waals surface area contributed by atoms with Crippen LogP contribution in [0.25, 0.3) is 11.1 Å². The summed E-state index contributed by atoms with van der Waals surface area (Å²) in [5.74, 6) is 0.807. The number of nitrogens with one attached hydrogen (secondary N) is 2. The second-order valence-corrected chi connectivity index (χ2v) is 7.93. The van der Waals surface area contributed by atoms with E-state index in [0.717, 1.165) is 0 Å². The predicted octanol–water partition coefficient (Wildman–Crippen LogP) is 2.84. The van der Waals surface area contributed by atoms with Gasteiger partial charge >= 0.3 is 6.09 Å². The van der Waals surface area contributed by atoms with E-state index in [4.69, 9.17) is 9.47 Å². The van der Waals surface area contributed by atoms with Gasteiger partial charge in [0.05, 0.1) is 6.54 Å². The van der Waals surface area contributed by atoms with Crippen LogP contribution in [-0.2, 0) is 21.6 Å². The highest BCUT2D eigenvalue weighted by atomic mass is 16.5. The van der Waals surface area contributed by atoms with Gasteiger partial charge in [0.1, 0.15) is 18.0 Å². The zero-order valence-electron chi connectivity index (χ0n) is 17.0. The molecule has 2 aliphatic rings. The van der Waals surface area contributed by atoms with Crippen LogP contribution in [-0.4, -0.2) is 46.2 Å². The first-order valence-corrected chi connectivity index (χ1v) is 10.4. The molecule has 3 aromatic rings. The maximum Gasteiger partial charge on any atom is 0.407 e. The summed E-state index contributed by atoms with van der Waals surface area (Å²) in [7, 11) is 0. The minimum atomic E-state index is -1.09. The number of aromatic amines is 1. The normalized spacial score (nSPS) is 17.1. The first-order valence-electron chi connectivity index (χ1n) is 10.4. The molecule has 8 heteroatoms. The average Bonchev–Trinajstić information content (AvgIpc) is 3.41. The number of aliphatic hydroxyl groups is 1. The van der Waals surface area contributed by atoms with Crippen molar-refractivity contribution in [2.45, 2.75) is 30.9 Å². The second-order valence-electron chi connectivity index (χ2n) is 7.93. The van der Waals surface area contributed by atoms with Crippen molar-refractivity contribution in [2.75, 3.05) is 19.8 Å². The Hall–Kier alpha value is -3.23. The molecular formula is C23H24N4O4. The molecule has 1 fully saturated rings. The van der Waals surface area contributed by atoms with Crippen molar-refractivity contribution >= 4 is 6.09 Å². The van der Waals surface area contributed by atoms with Crippen LogP contribution in [0.4, 0.5) is 4.79 Å². The highest BCUT2D eigenvalue weighted by molar-refractivity contribution is 5.79. The van der Waals surface area contributed by atoms with Crippen molar-refractivity contribution < 1.29 is 19.4 Å². The topological polar surface area (TPSA) is 109 Å². The van der Waals surface area contributed by atoms with E-state index < -0.39 is 11.7 Å². The number of hydrogen-bond acceptors (Lipinski definition) is 6. The van der Waals surface area contributed by atoms with E-state index in [9.17, 15) is 9.90 Å². The number of amides is 1. The molecule has 2 heterocycles. The number of rotatable bonds is 5. The molecule has 1 aliphatic heterocycles. The van der Waals surface area contributed by atoms with E-state index in [1.54, 1.807) is 0 Å². The second kappa shape index (κ2) is 8.13. The van der Waals surface area contributed by atoms with Crippen LogP contribution in [0.1, 0.15) is 41.5 Å². The van der Waals surface area contributed by atoms with Gasteiger partial charge in [-0.3, -0.25) is 5.10 Å². The van der Waals surface area contributed by atoms with Gasteiger partial charge in [0.15, 0.2) is 5.82 Å². The van der Waals surface area contributed by atoms with E-state index in [1.165, 1.54) is 22.3 Å². The Balaban J connectivity index is 1.19. The van der Waals surface area contributed by atoms with E-state index in [0.29, 0.717) is 37.7 Å². The summed E-state index contributed by atoms with van der Waals surface area (Å²) < 4.78 is 10.8. The Labute approximate surface area is 179 Å². The lowest BCUT2D eigenvalue weighted by atomic mass is 9.94. The van der Waals surface area contributed by atoms with E-state index in [1.807, 2.05) is 24.3 Å². The number of carbonyl (C=O) groups excluding carboxylic acids is 1. The van der Waals surface area contributed by atoms with Crippen LogP contribution in [0.3, 0.4) is 0 Å². The first kappa shape index (κ1) is 19.7. The molecule has 8 nitrogen and oxygen atoms in total. The highest BCUT2D eigenvalue weighted by Crippen LogP contribution is 2.44. The quantitative estimate of drug-likeness (QED) is 0.586. The molecule has 0 atom stereocenters. The zero-order chi connectivity index (χ0) is 21.3. The fourth-order valence-electron chi connectivity index (χ4n) is 4.32. The molecule has 160 valence electrons. The van der Waals surface area contributed by atoms with E-state index >= 15 is 0 Å². The van der Waals surface area contributed by atoms with Crippen molar-refractivity contribution in [2.24, 2.45) is 0 Å². The lowest BCUT2D eigenvalue weighted by molar-refractivity contribution is -0.0732. The van der Waals surface area contributed by atoms with Crippen molar-refractivity contribution in [3.63, 3.8) is 0 Å². The van der Waals surface area contributed by atoms with Gasteiger partial charge in [-0.1, -0.05) is 48.5 Å². The molecule has 1 aromatic heterocycles. The van der Waals surface area contributed by atoms with Gasteiger partial charge in [0.25, 0.3) is 0 Å². The molecule has 0 unspecified atom stereocenters. The summed E-state index contributed by atoms with van der Waals surface area (Å²) in [4.78, 5) is 16.6. The molecular weight excluding hydrogens is 396 g/mol. The Morgan fingerprint density at radius 1 is 1.13 bits per heavy atom. The van der Waals surface area contributed by atoms with Gasteiger partial charge in [-0.05, 0) is 22.3 Å². The molecule has 5 rings (SSSR count). The van der Waals surface area contributed by atoms with Crippen LogP contribution in [0.2, 0.25) is 0 Å². The predicted molar refractivity (Wildman–Crippen MR) is 112 cm³/mol. The standard InChI is InChI=1S/C23H24N4O4/c28-22(24-13-20-25-21(27-26-20)23(29)9-11-30-12-10-23)31-14-19-17-7-3-1-5-15(17)16-6-2-4-8-18(16)19/h1-8,19,29H,9-14H2,(H,24,28)(H,25,26,27). The number of fused-ring (bicyclic) bond motifs is 3. The number of alkyl carbamates (subject to hydrolysis) is 1. The molecule has 0 saturated carbocycles. The minimum absolute atomic E-state index is 0.0119. The first-order chi connectivity index (χ1) is 15.1. The van der Waals surface area contributed by atoms with Gasteiger partial charge in [-0.15, -0.1) is 0 Å². The van der Waals surface area contributed by atoms with Gasteiger partial charge in [0, 0.05) is 32.0 Å². The third-order valence-electron chi connectivity index (χ3n) is 6.01. The third-order valence-corrected chi connectivity index (χ3v) is 6.01. The number of benzene rings is 2. The maximum atomic E-state index is 12.3. The summed E-state index contributed by atoms with van der Waals surface area (Å²) in [6.45, 7) is 1.33. The Morgan fingerprint density at radius 3 is 2.45 bits per heavy atom. The largest absolute Gasteiger partial charge is 0.449 e. The fourth-order valence-corrected chi connectivity index (χ4v) is 4.32. The molecule has 1 amide bonds. The number of aromatic nitrogens is 3. The van der Waals surface area contributed by atoms with Crippen LogP contribution < -0.4 is 5.32 Å². The van der Waals surface area contributed by atoms with Crippen molar-refractivity contribution in [3.8, 4) is 11.1 Å². The van der Waals surface area contributed by atoms with Gasteiger partial charge in [0.2, 0.25) is 0 Å². The Bertz CT molecular complexity index is 1040. The molecule has 0 bridgehead atoms. The number of carbonyl (C=O) groups is 1. The van der Waals surface area contributed by atoms with Gasteiger partial charge < -0.3 is 19.9 Å². The summed E-state index contributed by atoms with van der Waals surface area (Å²) in [5, 5.41) is 20.2. The number of ether oxygens (including phenoxy) is 2. The van der Waals surface area contributed by atoms with Crippen LogP contribution in [0.15, 0.2) is 48.5 Å². The number of H-pyrrole nitrogens is 1. The highest BCUT2D eigenvalue weighted by Gasteiger charge is 2.36. The zero-order valence-corrected chi connectivity index (χ0v) is 17.0. The van der Waals surface area contributed by atoms with Crippen molar-refractivity contribution in [3.05, 3.63) is 71.3 Å². The molecule has 2 aromatic carbocycles. The van der Waals surface area contributed by atoms with Crippen LogP contribution >= 0.6 is 0 Å². The molecule has 3 N–H and O–H groups in total. The Morgan fingerprint density at radius 2 is 1.77 bits per heavy atom. The fraction of sp³-hybridized carbons (Fsp3) is 0.348. The molecule has 1 saturated heterocycles. The maximum absolute atomic E-state index is 12.3. The third kappa shape index (κ3) is 3.80.